The second-order valence-corrected chi connectivity index (χ2v) is 6.38. The molecule has 0 aliphatic heterocycles. The molecule has 1 N–H and O–H groups in total. The molecule has 4 rings (SSSR count). The van der Waals surface area contributed by atoms with E-state index < -0.39 is 0 Å². The van der Waals surface area contributed by atoms with Crippen LogP contribution in [0.3, 0.4) is 0 Å². The van der Waals surface area contributed by atoms with Gasteiger partial charge in [-0.1, -0.05) is 6.07 Å². The van der Waals surface area contributed by atoms with Gasteiger partial charge in [0, 0.05) is 30.2 Å². The number of pyridine rings is 1. The lowest BCUT2D eigenvalue weighted by Crippen LogP contribution is -2.35. The molecule has 25 heavy (non-hydrogen) atoms. The number of furan rings is 1. The molecule has 6 nitrogen and oxygen atoms in total. The number of aromatic amines is 1. The van der Waals surface area contributed by atoms with Crippen molar-refractivity contribution in [3.05, 3.63) is 71.7 Å². The third kappa shape index (κ3) is 3.33. The van der Waals surface area contributed by atoms with Crippen LogP contribution in [0.1, 0.15) is 41.3 Å². The predicted molar refractivity (Wildman–Crippen MR) is 91.5 cm³/mol. The highest BCUT2D eigenvalue weighted by Gasteiger charge is 2.31. The third-order valence-electron chi connectivity index (χ3n) is 4.68. The van der Waals surface area contributed by atoms with Crippen molar-refractivity contribution in [2.75, 3.05) is 0 Å². The van der Waals surface area contributed by atoms with Crippen LogP contribution in [0, 0.1) is 0 Å². The highest BCUT2D eigenvalue weighted by molar-refractivity contribution is 5.84. The third-order valence-corrected chi connectivity index (χ3v) is 4.68. The zero-order chi connectivity index (χ0) is 17.1. The Morgan fingerprint density at radius 3 is 3.04 bits per heavy atom. The van der Waals surface area contributed by atoms with Crippen LogP contribution in [-0.4, -0.2) is 26.0 Å². The van der Waals surface area contributed by atoms with E-state index in [0.717, 1.165) is 41.8 Å². The number of aryl methyl sites for hydroxylation is 1. The number of hydrogen-bond donors (Lipinski definition) is 1. The van der Waals surface area contributed by atoms with E-state index in [9.17, 15) is 4.79 Å². The van der Waals surface area contributed by atoms with Crippen molar-refractivity contribution in [1.29, 1.82) is 0 Å². The highest BCUT2D eigenvalue weighted by atomic mass is 16.3. The summed E-state index contributed by atoms with van der Waals surface area (Å²) in [4.78, 5) is 19.3. The molecule has 3 aromatic rings. The van der Waals surface area contributed by atoms with Crippen LogP contribution >= 0.6 is 0 Å². The monoisotopic (exact) mass is 336 g/mol. The molecule has 0 radical (unpaired) electrons. The first-order valence-corrected chi connectivity index (χ1v) is 8.53. The lowest BCUT2D eigenvalue weighted by Gasteiger charge is -2.29. The maximum Gasteiger partial charge on any atom is 0.230 e. The Balaban J connectivity index is 1.60. The van der Waals surface area contributed by atoms with Crippen molar-refractivity contribution in [1.82, 2.24) is 20.1 Å². The van der Waals surface area contributed by atoms with E-state index in [-0.39, 0.29) is 11.8 Å². The van der Waals surface area contributed by atoms with Crippen LogP contribution in [0.15, 0.2) is 53.5 Å². The Labute approximate surface area is 145 Å². The fourth-order valence-electron chi connectivity index (χ4n) is 3.45. The molecule has 0 bridgehead atoms. The molecular formula is C19H20N4O2. The maximum atomic E-state index is 13.3. The largest absolute Gasteiger partial charge is 0.467 e. The lowest BCUT2D eigenvalue weighted by molar-refractivity contribution is -0.134. The zero-order valence-electron chi connectivity index (χ0n) is 13.9. The number of H-pyrrole nitrogens is 1. The molecule has 1 aliphatic carbocycles. The van der Waals surface area contributed by atoms with E-state index in [0.29, 0.717) is 13.1 Å². The zero-order valence-corrected chi connectivity index (χ0v) is 13.9. The molecule has 0 unspecified atom stereocenters. The normalized spacial score (nSPS) is 16.4. The first-order valence-electron chi connectivity index (χ1n) is 8.53. The van der Waals surface area contributed by atoms with Crippen LogP contribution in [-0.2, 0) is 24.3 Å². The van der Waals surface area contributed by atoms with Crippen molar-refractivity contribution in [2.24, 2.45) is 0 Å². The first-order chi connectivity index (χ1) is 12.3. The van der Waals surface area contributed by atoms with E-state index in [1.165, 1.54) is 0 Å². The van der Waals surface area contributed by atoms with E-state index in [2.05, 4.69) is 15.2 Å². The topological polar surface area (TPSA) is 75.0 Å². The van der Waals surface area contributed by atoms with Crippen molar-refractivity contribution in [2.45, 2.75) is 38.3 Å². The molecule has 0 aromatic carbocycles. The number of rotatable bonds is 5. The van der Waals surface area contributed by atoms with Crippen LogP contribution < -0.4 is 0 Å². The molecule has 128 valence electrons. The van der Waals surface area contributed by atoms with Crippen LogP contribution in [0.25, 0.3) is 0 Å². The van der Waals surface area contributed by atoms with Crippen molar-refractivity contribution >= 4 is 5.91 Å². The lowest BCUT2D eigenvalue weighted by atomic mass is 9.86. The Bertz CT molecular complexity index is 826. The number of nitrogens with one attached hydrogen (secondary N) is 1. The average Bonchev–Trinajstić information content (AvgIpc) is 3.32. The van der Waals surface area contributed by atoms with Crippen molar-refractivity contribution in [3.63, 3.8) is 0 Å². The molecule has 0 saturated carbocycles. The predicted octanol–water partition coefficient (Wildman–Crippen LogP) is 3.05. The summed E-state index contributed by atoms with van der Waals surface area (Å²) in [7, 11) is 0. The van der Waals surface area contributed by atoms with Crippen LogP contribution in [0.4, 0.5) is 0 Å². The summed E-state index contributed by atoms with van der Waals surface area (Å²) >= 11 is 0. The number of amides is 1. The minimum atomic E-state index is -0.144. The summed E-state index contributed by atoms with van der Waals surface area (Å²) in [6, 6.07) is 7.61. The summed E-state index contributed by atoms with van der Waals surface area (Å²) in [6.45, 7) is 0.960. The van der Waals surface area contributed by atoms with Gasteiger partial charge >= 0.3 is 0 Å². The summed E-state index contributed by atoms with van der Waals surface area (Å²) < 4.78 is 5.47. The summed E-state index contributed by atoms with van der Waals surface area (Å²) in [5, 5.41) is 7.16. The molecule has 0 saturated heterocycles. The van der Waals surface area contributed by atoms with Gasteiger partial charge in [0.2, 0.25) is 5.91 Å². The molecule has 1 aliphatic rings. The number of carbonyl (C=O) groups is 1. The molecule has 1 amide bonds. The van der Waals surface area contributed by atoms with Crippen LogP contribution in [0.5, 0.6) is 0 Å². The number of aromatic nitrogens is 3. The second kappa shape index (κ2) is 6.93. The van der Waals surface area contributed by atoms with E-state index in [4.69, 9.17) is 4.42 Å². The number of fused-ring (bicyclic) bond motifs is 1. The Morgan fingerprint density at radius 2 is 2.24 bits per heavy atom. The molecule has 0 spiro atoms. The van der Waals surface area contributed by atoms with Crippen molar-refractivity contribution < 1.29 is 9.21 Å². The Morgan fingerprint density at radius 1 is 1.28 bits per heavy atom. The molecule has 3 aromatic heterocycles. The fourth-order valence-corrected chi connectivity index (χ4v) is 3.45. The van der Waals surface area contributed by atoms with Gasteiger partial charge in [-0.2, -0.15) is 5.10 Å². The molecule has 0 fully saturated rings. The molecule has 3 heterocycles. The van der Waals surface area contributed by atoms with Gasteiger partial charge in [-0.25, -0.2) is 0 Å². The number of nitrogens with zero attached hydrogens (tertiary/aromatic N) is 3. The van der Waals surface area contributed by atoms with Gasteiger partial charge in [-0.05, 0) is 43.0 Å². The minimum absolute atomic E-state index is 0.114. The van der Waals surface area contributed by atoms with Gasteiger partial charge in [0.05, 0.1) is 24.9 Å². The Hall–Kier alpha value is -2.89. The van der Waals surface area contributed by atoms with Gasteiger partial charge in [0.15, 0.2) is 0 Å². The van der Waals surface area contributed by atoms with E-state index in [1.807, 2.05) is 29.2 Å². The first kappa shape index (κ1) is 15.6. The van der Waals surface area contributed by atoms with Gasteiger partial charge in [0.25, 0.3) is 0 Å². The SMILES string of the molecule is O=C([C@@H]1CCCc2[nH]ncc21)N(Cc1cccnc1)Cc1ccco1. The highest BCUT2D eigenvalue weighted by Crippen LogP contribution is 2.32. The van der Waals surface area contributed by atoms with Crippen LogP contribution in [0.2, 0.25) is 0 Å². The van der Waals surface area contributed by atoms with E-state index in [1.54, 1.807) is 24.9 Å². The number of carbonyl (C=O) groups excluding carboxylic acids is 1. The average molecular weight is 336 g/mol. The van der Waals surface area contributed by atoms with Crippen molar-refractivity contribution in [3.8, 4) is 0 Å². The standard InChI is InChI=1S/C19H20N4O2/c24-19(16-6-1-7-18-17(16)11-21-22-18)23(13-15-5-3-9-25-15)12-14-4-2-8-20-10-14/h2-5,8-11,16H,1,6-7,12-13H2,(H,21,22)/t16-/m1/s1. The number of hydrogen-bond acceptors (Lipinski definition) is 4. The fraction of sp³-hybridized carbons (Fsp3) is 0.316. The Kier molecular flexibility index (Phi) is 4.33. The smallest absolute Gasteiger partial charge is 0.230 e. The summed E-state index contributed by atoms with van der Waals surface area (Å²) in [5.41, 5.74) is 3.13. The maximum absolute atomic E-state index is 13.3. The van der Waals surface area contributed by atoms with E-state index >= 15 is 0 Å². The molecule has 1 atom stereocenters. The summed E-state index contributed by atoms with van der Waals surface area (Å²) in [5.74, 6) is 0.747. The van der Waals surface area contributed by atoms with Gasteiger partial charge in [-0.3, -0.25) is 14.9 Å². The van der Waals surface area contributed by atoms with Gasteiger partial charge < -0.3 is 9.32 Å². The van der Waals surface area contributed by atoms with Gasteiger partial charge in [0.1, 0.15) is 5.76 Å². The second-order valence-electron chi connectivity index (χ2n) is 6.38. The summed E-state index contributed by atoms with van der Waals surface area (Å²) in [6.07, 6.45) is 9.77. The molecule has 6 heteroatoms. The quantitative estimate of drug-likeness (QED) is 0.777. The molecular weight excluding hydrogens is 316 g/mol. The van der Waals surface area contributed by atoms with Gasteiger partial charge in [-0.15, -0.1) is 0 Å². The minimum Gasteiger partial charge on any atom is -0.467 e.